The predicted molar refractivity (Wildman–Crippen MR) is 78.1 cm³/mol. The number of hydrogen-bond donors (Lipinski definition) is 1. The molecule has 2 unspecified atom stereocenters. The van der Waals surface area contributed by atoms with Crippen LogP contribution in [0.3, 0.4) is 0 Å². The molecule has 0 aliphatic heterocycles. The molecule has 0 spiro atoms. The molecule has 0 bridgehead atoms. The molecule has 1 heterocycles. The number of hydrogen-bond acceptors (Lipinski definition) is 4. The molecule has 1 saturated carbocycles. The zero-order valence-electron chi connectivity index (χ0n) is 11.6. The van der Waals surface area contributed by atoms with E-state index in [-0.39, 0.29) is 11.3 Å². The van der Waals surface area contributed by atoms with Crippen LogP contribution in [0.4, 0.5) is 0 Å². The zero-order valence-corrected chi connectivity index (χ0v) is 12.4. The lowest BCUT2D eigenvalue weighted by Gasteiger charge is -2.21. The number of aliphatic carboxylic acids is 1. The van der Waals surface area contributed by atoms with Crippen molar-refractivity contribution in [1.82, 2.24) is 9.55 Å². The molecule has 1 aromatic rings. The van der Waals surface area contributed by atoms with E-state index in [1.165, 1.54) is 25.3 Å². The number of carboxylic acids is 1. The van der Waals surface area contributed by atoms with Crippen LogP contribution >= 0.6 is 11.8 Å². The first-order valence-corrected chi connectivity index (χ1v) is 7.98. The van der Waals surface area contributed by atoms with E-state index >= 15 is 0 Å². The summed E-state index contributed by atoms with van der Waals surface area (Å²) in [5, 5.41) is 9.32. The fourth-order valence-corrected chi connectivity index (χ4v) is 3.42. The van der Waals surface area contributed by atoms with Gasteiger partial charge in [-0.3, -0.25) is 9.59 Å². The number of carboxylic acid groups (broad SMARTS) is 1. The van der Waals surface area contributed by atoms with Gasteiger partial charge in [-0.1, -0.05) is 31.5 Å². The first kappa shape index (κ1) is 15.1. The summed E-state index contributed by atoms with van der Waals surface area (Å²) in [4.78, 5) is 26.1. The van der Waals surface area contributed by atoms with Gasteiger partial charge in [-0.2, -0.15) is 4.98 Å². The van der Waals surface area contributed by atoms with Gasteiger partial charge in [0.1, 0.15) is 0 Å². The van der Waals surface area contributed by atoms with E-state index in [0.717, 1.165) is 30.5 Å². The Morgan fingerprint density at radius 3 is 3.00 bits per heavy atom. The summed E-state index contributed by atoms with van der Waals surface area (Å²) < 4.78 is 1.99. The fourth-order valence-electron chi connectivity index (χ4n) is 2.65. The van der Waals surface area contributed by atoms with Crippen LogP contribution in [0.2, 0.25) is 0 Å². The van der Waals surface area contributed by atoms with Gasteiger partial charge in [0.15, 0.2) is 5.16 Å². The highest BCUT2D eigenvalue weighted by Gasteiger charge is 2.20. The van der Waals surface area contributed by atoms with E-state index in [0.29, 0.717) is 11.2 Å². The third kappa shape index (κ3) is 4.10. The van der Waals surface area contributed by atoms with Gasteiger partial charge in [0.05, 0.1) is 5.75 Å². The van der Waals surface area contributed by atoms with Gasteiger partial charge in [0.2, 0.25) is 0 Å². The molecule has 1 N–H and O–H groups in total. The second kappa shape index (κ2) is 6.92. The van der Waals surface area contributed by atoms with Crippen LogP contribution in [-0.2, 0) is 4.79 Å². The van der Waals surface area contributed by atoms with Crippen molar-refractivity contribution in [3.8, 4) is 0 Å². The van der Waals surface area contributed by atoms with E-state index in [4.69, 9.17) is 5.11 Å². The van der Waals surface area contributed by atoms with Crippen molar-refractivity contribution in [2.24, 2.45) is 5.92 Å². The molecule has 1 aliphatic rings. The van der Waals surface area contributed by atoms with Crippen molar-refractivity contribution >= 4 is 17.7 Å². The Hall–Kier alpha value is -1.30. The molecule has 5 nitrogen and oxygen atoms in total. The summed E-state index contributed by atoms with van der Waals surface area (Å²) in [6.07, 6.45) is 7.46. The summed E-state index contributed by atoms with van der Waals surface area (Å²) in [6.45, 7) is 2.27. The van der Waals surface area contributed by atoms with E-state index in [9.17, 15) is 9.59 Å². The number of rotatable bonds is 4. The highest BCUT2D eigenvalue weighted by Crippen LogP contribution is 2.32. The molecule has 1 aromatic heterocycles. The highest BCUT2D eigenvalue weighted by atomic mass is 32.2. The number of thioether (sulfide) groups is 1. The molecule has 0 saturated heterocycles. The average molecular weight is 296 g/mol. The average Bonchev–Trinajstić information content (AvgIpc) is 2.61. The molecule has 6 heteroatoms. The van der Waals surface area contributed by atoms with Gasteiger partial charge in [0.25, 0.3) is 5.56 Å². The van der Waals surface area contributed by atoms with Gasteiger partial charge in [0, 0.05) is 18.3 Å². The maximum absolute atomic E-state index is 11.4. The fraction of sp³-hybridized carbons (Fsp3) is 0.643. The maximum Gasteiger partial charge on any atom is 0.313 e. The Balaban J connectivity index is 2.20. The molecular weight excluding hydrogens is 276 g/mol. The Labute approximate surface area is 122 Å². The van der Waals surface area contributed by atoms with Gasteiger partial charge < -0.3 is 9.67 Å². The topological polar surface area (TPSA) is 72.2 Å². The van der Waals surface area contributed by atoms with Crippen LogP contribution < -0.4 is 5.56 Å². The lowest BCUT2D eigenvalue weighted by Crippen LogP contribution is -2.18. The molecule has 110 valence electrons. The van der Waals surface area contributed by atoms with E-state index < -0.39 is 5.97 Å². The summed E-state index contributed by atoms with van der Waals surface area (Å²) in [7, 11) is 0. The van der Waals surface area contributed by atoms with Crippen molar-refractivity contribution in [3.63, 3.8) is 0 Å². The highest BCUT2D eigenvalue weighted by molar-refractivity contribution is 7.99. The number of aromatic nitrogens is 2. The molecule has 0 radical (unpaired) electrons. The minimum atomic E-state index is -0.894. The molecule has 0 amide bonds. The van der Waals surface area contributed by atoms with Gasteiger partial charge in [-0.15, -0.1) is 0 Å². The quantitative estimate of drug-likeness (QED) is 0.525. The Morgan fingerprint density at radius 1 is 1.45 bits per heavy atom. The van der Waals surface area contributed by atoms with Crippen LogP contribution in [0.5, 0.6) is 0 Å². The van der Waals surface area contributed by atoms with Crippen LogP contribution in [0.15, 0.2) is 22.2 Å². The lowest BCUT2D eigenvalue weighted by molar-refractivity contribution is -0.133. The SMILES string of the molecule is CC1CCCC(n2ccc(=O)nc2SCC(=O)O)CC1. The smallest absolute Gasteiger partial charge is 0.313 e. The van der Waals surface area contributed by atoms with Crippen molar-refractivity contribution in [1.29, 1.82) is 0 Å². The summed E-state index contributed by atoms with van der Waals surface area (Å²) in [5.41, 5.74) is -0.309. The van der Waals surface area contributed by atoms with Crippen molar-refractivity contribution in [2.75, 3.05) is 5.75 Å². The van der Waals surface area contributed by atoms with E-state index in [1.54, 1.807) is 6.20 Å². The predicted octanol–water partition coefficient (Wildman–Crippen LogP) is 2.56. The zero-order chi connectivity index (χ0) is 14.5. The second-order valence-electron chi connectivity index (χ2n) is 5.41. The maximum atomic E-state index is 11.4. The summed E-state index contributed by atoms with van der Waals surface area (Å²) in [6, 6.07) is 1.78. The van der Waals surface area contributed by atoms with Gasteiger partial charge in [-0.25, -0.2) is 0 Å². The molecule has 1 aliphatic carbocycles. The minimum Gasteiger partial charge on any atom is -0.481 e. The molecular formula is C14H20N2O3S. The molecule has 2 atom stereocenters. The summed E-state index contributed by atoms with van der Waals surface area (Å²) >= 11 is 1.12. The largest absolute Gasteiger partial charge is 0.481 e. The first-order chi connectivity index (χ1) is 9.56. The third-order valence-corrected chi connectivity index (χ3v) is 4.70. The van der Waals surface area contributed by atoms with Crippen LogP contribution in [-0.4, -0.2) is 26.4 Å². The molecule has 1 fully saturated rings. The Kier molecular flexibility index (Phi) is 5.23. The third-order valence-electron chi connectivity index (χ3n) is 3.75. The van der Waals surface area contributed by atoms with Crippen molar-refractivity contribution in [2.45, 2.75) is 50.2 Å². The van der Waals surface area contributed by atoms with Crippen LogP contribution in [0.1, 0.15) is 45.1 Å². The monoisotopic (exact) mass is 296 g/mol. The van der Waals surface area contributed by atoms with Gasteiger partial charge >= 0.3 is 5.97 Å². The first-order valence-electron chi connectivity index (χ1n) is 7.00. The molecule has 20 heavy (non-hydrogen) atoms. The Morgan fingerprint density at radius 2 is 2.25 bits per heavy atom. The van der Waals surface area contributed by atoms with Crippen LogP contribution in [0.25, 0.3) is 0 Å². The number of nitrogens with zero attached hydrogens (tertiary/aromatic N) is 2. The van der Waals surface area contributed by atoms with Gasteiger partial charge in [-0.05, 0) is 25.2 Å². The van der Waals surface area contributed by atoms with Crippen LogP contribution in [0, 0.1) is 5.92 Å². The number of carbonyl (C=O) groups is 1. The van der Waals surface area contributed by atoms with Crippen molar-refractivity contribution in [3.05, 3.63) is 22.6 Å². The minimum absolute atomic E-state index is 0.0699. The lowest BCUT2D eigenvalue weighted by atomic mass is 10.0. The summed E-state index contributed by atoms with van der Waals surface area (Å²) in [5.74, 6) is -0.226. The Bertz CT molecular complexity index is 529. The normalized spacial score (nSPS) is 23.2. The molecule has 2 rings (SSSR count). The standard InChI is InChI=1S/C14H20N2O3S/c1-10-3-2-4-11(6-5-10)16-8-7-12(17)15-14(16)20-9-13(18)19/h7-8,10-11H,2-6,9H2,1H3,(H,18,19). The molecule has 0 aromatic carbocycles. The second-order valence-corrected chi connectivity index (χ2v) is 6.35. The van der Waals surface area contributed by atoms with E-state index in [2.05, 4.69) is 11.9 Å². The van der Waals surface area contributed by atoms with E-state index in [1.807, 2.05) is 4.57 Å². The van der Waals surface area contributed by atoms with Crippen molar-refractivity contribution < 1.29 is 9.90 Å².